The van der Waals surface area contributed by atoms with Gasteiger partial charge in [-0.15, -0.1) is 0 Å². The molecule has 0 amide bonds. The van der Waals surface area contributed by atoms with E-state index in [4.69, 9.17) is 21.6 Å². The highest BCUT2D eigenvalue weighted by atomic mass is 79.9. The number of aromatic nitrogens is 2. The number of fused-ring (bicyclic) bond motifs is 1. The summed E-state index contributed by atoms with van der Waals surface area (Å²) < 4.78 is 2.03. The lowest BCUT2D eigenvalue weighted by Gasteiger charge is -2.20. The van der Waals surface area contributed by atoms with E-state index in [0.29, 0.717) is 16.9 Å². The van der Waals surface area contributed by atoms with Gasteiger partial charge >= 0.3 is 0 Å². The Morgan fingerprint density at radius 1 is 1.06 bits per heavy atom. The van der Waals surface area contributed by atoms with Gasteiger partial charge < -0.3 is 10.2 Å². The van der Waals surface area contributed by atoms with Crippen LogP contribution < -0.4 is 5.32 Å². The second-order valence-electron chi connectivity index (χ2n) is 7.81. The van der Waals surface area contributed by atoms with Crippen molar-refractivity contribution in [3.63, 3.8) is 0 Å². The molecule has 0 aliphatic rings. The van der Waals surface area contributed by atoms with E-state index in [2.05, 4.69) is 62.8 Å². The first-order valence-electron chi connectivity index (χ1n) is 11.0. The van der Waals surface area contributed by atoms with Crippen molar-refractivity contribution < 1.29 is 0 Å². The third-order valence-electron chi connectivity index (χ3n) is 5.44. The summed E-state index contributed by atoms with van der Waals surface area (Å²) in [5, 5.41) is 5.25. The van der Waals surface area contributed by atoms with E-state index >= 15 is 0 Å². The monoisotopic (exact) mass is 578 g/mol. The Morgan fingerprint density at radius 3 is 2.56 bits per heavy atom. The lowest BCUT2D eigenvalue weighted by atomic mass is 10.1. The Balaban J connectivity index is 1.82. The molecule has 1 N–H and O–H groups in total. The molecule has 0 fully saturated rings. The van der Waals surface area contributed by atoms with Gasteiger partial charge in [-0.05, 0) is 81.4 Å². The topological polar surface area (TPSA) is 41.0 Å². The van der Waals surface area contributed by atoms with Gasteiger partial charge in [-0.25, -0.2) is 9.97 Å². The van der Waals surface area contributed by atoms with Crippen LogP contribution in [-0.2, 0) is 0 Å². The largest absolute Gasteiger partial charge is 0.367 e. The molecule has 4 nitrogen and oxygen atoms in total. The fourth-order valence-electron chi connectivity index (χ4n) is 3.57. The smallest absolute Gasteiger partial charge is 0.154 e. The van der Waals surface area contributed by atoms with Crippen LogP contribution in [0.1, 0.15) is 45.0 Å². The van der Waals surface area contributed by atoms with Crippen molar-refractivity contribution in [3.8, 4) is 0 Å². The van der Waals surface area contributed by atoms with E-state index in [9.17, 15) is 0 Å². The van der Waals surface area contributed by atoms with Gasteiger partial charge in [0.15, 0.2) is 5.82 Å². The third-order valence-corrected chi connectivity index (χ3v) is 6.85. The maximum absolute atomic E-state index is 6.25. The van der Waals surface area contributed by atoms with Crippen molar-refractivity contribution in [3.05, 3.63) is 61.8 Å². The number of anilines is 1. The van der Waals surface area contributed by atoms with E-state index in [0.717, 1.165) is 63.7 Å². The van der Waals surface area contributed by atoms with Crippen molar-refractivity contribution in [2.75, 3.05) is 25.0 Å². The number of halogens is 3. The van der Waals surface area contributed by atoms with E-state index in [1.807, 2.05) is 48.6 Å². The molecule has 2 aromatic carbocycles. The van der Waals surface area contributed by atoms with Gasteiger partial charge in [0.2, 0.25) is 0 Å². The molecule has 170 valence electrons. The molecule has 32 heavy (non-hydrogen) atoms. The molecule has 1 atom stereocenters. The van der Waals surface area contributed by atoms with Gasteiger partial charge in [0.05, 0.1) is 5.52 Å². The van der Waals surface area contributed by atoms with Crippen molar-refractivity contribution in [1.82, 2.24) is 14.9 Å². The molecular formula is C25H29Br2ClN4. The molecule has 3 rings (SSSR count). The summed E-state index contributed by atoms with van der Waals surface area (Å²) in [5.74, 6) is 1.49. The SMILES string of the molecule is CCN(CC)CCC[C@H](C)Nc1nc(/C=C/c2ccc(Br)cc2Br)nc2cc(Cl)ccc12. The summed E-state index contributed by atoms with van der Waals surface area (Å²) in [7, 11) is 0. The summed E-state index contributed by atoms with van der Waals surface area (Å²) in [4.78, 5) is 12.0. The zero-order chi connectivity index (χ0) is 23.1. The van der Waals surface area contributed by atoms with Crippen molar-refractivity contribution in [2.24, 2.45) is 0 Å². The Hall–Kier alpha value is -1.47. The Morgan fingerprint density at radius 2 is 1.84 bits per heavy atom. The Kier molecular flexibility index (Phi) is 9.53. The molecule has 0 saturated heterocycles. The number of rotatable bonds is 10. The lowest BCUT2D eigenvalue weighted by Crippen LogP contribution is -2.25. The van der Waals surface area contributed by atoms with Gasteiger partial charge in [-0.3, -0.25) is 0 Å². The molecule has 1 aromatic heterocycles. The van der Waals surface area contributed by atoms with Crippen LogP contribution >= 0.6 is 43.5 Å². The third kappa shape index (κ3) is 7.01. The van der Waals surface area contributed by atoms with E-state index in [1.54, 1.807) is 0 Å². The van der Waals surface area contributed by atoms with Crippen LogP contribution in [0.25, 0.3) is 23.1 Å². The molecule has 0 saturated carbocycles. The minimum atomic E-state index is 0.303. The fraction of sp³-hybridized carbons (Fsp3) is 0.360. The standard InChI is InChI=1S/C25H29Br2ClN4/c1-4-32(5-2)14-6-7-17(3)29-25-21-12-11-20(28)16-23(21)30-24(31-25)13-9-18-8-10-19(26)15-22(18)27/h8-13,15-17H,4-7,14H2,1-3H3,(H,29,30,31)/b13-9+/t17-/m0/s1. The fourth-order valence-corrected chi connectivity index (χ4v) is 4.92. The Bertz CT molecular complexity index is 1080. The number of nitrogens with zero attached hydrogens (tertiary/aromatic N) is 3. The predicted molar refractivity (Wildman–Crippen MR) is 145 cm³/mol. The number of hydrogen-bond acceptors (Lipinski definition) is 4. The van der Waals surface area contributed by atoms with Gasteiger partial charge in [0, 0.05) is 25.4 Å². The van der Waals surface area contributed by atoms with Crippen LogP contribution in [0.3, 0.4) is 0 Å². The molecule has 7 heteroatoms. The molecular weight excluding hydrogens is 552 g/mol. The highest BCUT2D eigenvalue weighted by Crippen LogP contribution is 2.27. The normalized spacial score (nSPS) is 12.7. The van der Waals surface area contributed by atoms with Crippen LogP contribution in [0.4, 0.5) is 5.82 Å². The maximum atomic E-state index is 6.25. The molecule has 0 bridgehead atoms. The van der Waals surface area contributed by atoms with Crippen LogP contribution in [0.5, 0.6) is 0 Å². The van der Waals surface area contributed by atoms with E-state index in [1.165, 1.54) is 0 Å². The highest BCUT2D eigenvalue weighted by molar-refractivity contribution is 9.11. The molecule has 0 radical (unpaired) electrons. The van der Waals surface area contributed by atoms with E-state index in [-0.39, 0.29) is 0 Å². The molecule has 1 heterocycles. The summed E-state index contributed by atoms with van der Waals surface area (Å²) in [6.45, 7) is 9.95. The van der Waals surface area contributed by atoms with Crippen molar-refractivity contribution >= 4 is 72.3 Å². The average molecular weight is 581 g/mol. The van der Waals surface area contributed by atoms with Gasteiger partial charge in [0.1, 0.15) is 5.82 Å². The van der Waals surface area contributed by atoms with Gasteiger partial charge in [-0.2, -0.15) is 0 Å². The van der Waals surface area contributed by atoms with Crippen LogP contribution in [0.2, 0.25) is 5.02 Å². The average Bonchev–Trinajstić information content (AvgIpc) is 2.76. The van der Waals surface area contributed by atoms with Crippen molar-refractivity contribution in [1.29, 1.82) is 0 Å². The molecule has 0 aliphatic carbocycles. The van der Waals surface area contributed by atoms with Gasteiger partial charge in [-0.1, -0.05) is 69.5 Å². The highest BCUT2D eigenvalue weighted by Gasteiger charge is 2.11. The summed E-state index contributed by atoms with van der Waals surface area (Å²) in [6.07, 6.45) is 6.17. The number of benzene rings is 2. The summed E-state index contributed by atoms with van der Waals surface area (Å²) in [6, 6.07) is 12.1. The molecule has 0 aliphatic heterocycles. The second kappa shape index (κ2) is 12.1. The predicted octanol–water partition coefficient (Wildman–Crippen LogP) is 7.90. The van der Waals surface area contributed by atoms with Crippen LogP contribution in [-0.4, -0.2) is 40.5 Å². The molecule has 3 aromatic rings. The minimum absolute atomic E-state index is 0.303. The van der Waals surface area contributed by atoms with Crippen LogP contribution in [0, 0.1) is 0 Å². The number of hydrogen-bond donors (Lipinski definition) is 1. The Labute approximate surface area is 212 Å². The lowest BCUT2D eigenvalue weighted by molar-refractivity contribution is 0.295. The quantitative estimate of drug-likeness (QED) is 0.265. The minimum Gasteiger partial charge on any atom is -0.367 e. The zero-order valence-electron chi connectivity index (χ0n) is 18.7. The molecule has 0 unspecified atom stereocenters. The maximum Gasteiger partial charge on any atom is 0.154 e. The van der Waals surface area contributed by atoms with E-state index < -0.39 is 0 Å². The first kappa shape index (κ1) is 25.2. The van der Waals surface area contributed by atoms with Crippen molar-refractivity contribution in [2.45, 2.75) is 39.7 Å². The molecule has 0 spiro atoms. The first-order valence-corrected chi connectivity index (χ1v) is 12.9. The van der Waals surface area contributed by atoms with Gasteiger partial charge in [0.25, 0.3) is 0 Å². The first-order chi connectivity index (χ1) is 15.4. The summed E-state index contributed by atoms with van der Waals surface area (Å²) >= 11 is 13.3. The summed E-state index contributed by atoms with van der Waals surface area (Å²) in [5.41, 5.74) is 1.89. The zero-order valence-corrected chi connectivity index (χ0v) is 22.6. The second-order valence-corrected chi connectivity index (χ2v) is 10.0. The van der Waals surface area contributed by atoms with Crippen LogP contribution in [0.15, 0.2) is 45.3 Å². The number of nitrogens with one attached hydrogen (secondary N) is 1.